The molecule has 0 aromatic heterocycles. The third-order valence-corrected chi connectivity index (χ3v) is 3.84. The largest absolute Gasteiger partial charge is 0.478 e. The fourth-order valence-electron chi connectivity index (χ4n) is 0.794. The van der Waals surface area contributed by atoms with Crippen molar-refractivity contribution in [1.29, 1.82) is 5.26 Å². The number of carbonyl (C=O) groups is 1. The van der Waals surface area contributed by atoms with Crippen LogP contribution >= 0.6 is 38.5 Å². The van der Waals surface area contributed by atoms with Crippen molar-refractivity contribution >= 4 is 44.5 Å². The minimum atomic E-state index is -1.03. The first-order valence-electron chi connectivity index (χ1n) is 3.18. The van der Waals surface area contributed by atoms with Gasteiger partial charge in [0.05, 0.1) is 11.1 Å². The van der Waals surface area contributed by atoms with Gasteiger partial charge in [0.25, 0.3) is 0 Å². The minimum absolute atomic E-state index is 0.129. The molecule has 0 heterocycles. The molecule has 13 heavy (non-hydrogen) atoms. The molecule has 66 valence electrons. The summed E-state index contributed by atoms with van der Waals surface area (Å²) in [7, 11) is 0. The Morgan fingerprint density at radius 3 is 2.69 bits per heavy atom. The SMILES string of the molecule is N#Cc1cc(C(=O)O)cc(I)c1Br. The summed E-state index contributed by atoms with van der Waals surface area (Å²) in [5.41, 5.74) is 0.466. The van der Waals surface area contributed by atoms with E-state index in [0.717, 1.165) is 0 Å². The summed E-state index contributed by atoms with van der Waals surface area (Å²) in [6.07, 6.45) is 0. The van der Waals surface area contributed by atoms with Crippen molar-refractivity contribution in [3.63, 3.8) is 0 Å². The van der Waals surface area contributed by atoms with Crippen LogP contribution in [0.15, 0.2) is 16.6 Å². The highest BCUT2D eigenvalue weighted by atomic mass is 127. The second kappa shape index (κ2) is 4.07. The van der Waals surface area contributed by atoms with E-state index in [-0.39, 0.29) is 5.56 Å². The van der Waals surface area contributed by atoms with E-state index in [1.807, 2.05) is 28.7 Å². The maximum absolute atomic E-state index is 10.6. The van der Waals surface area contributed by atoms with E-state index in [1.165, 1.54) is 12.1 Å². The van der Waals surface area contributed by atoms with Gasteiger partial charge in [-0.3, -0.25) is 0 Å². The highest BCUT2D eigenvalue weighted by Gasteiger charge is 2.10. The molecule has 0 bridgehead atoms. The quantitative estimate of drug-likeness (QED) is 0.791. The van der Waals surface area contributed by atoms with Gasteiger partial charge in [0.15, 0.2) is 0 Å². The van der Waals surface area contributed by atoms with Crippen LogP contribution in [0.5, 0.6) is 0 Å². The Morgan fingerprint density at radius 1 is 1.62 bits per heavy atom. The van der Waals surface area contributed by atoms with E-state index in [0.29, 0.717) is 13.6 Å². The molecule has 0 aliphatic carbocycles. The molecular formula is C8H3BrINO2. The Labute approximate surface area is 96.6 Å². The van der Waals surface area contributed by atoms with Crippen LogP contribution in [0, 0.1) is 14.9 Å². The molecule has 0 unspecified atom stereocenters. The van der Waals surface area contributed by atoms with Crippen molar-refractivity contribution in [1.82, 2.24) is 0 Å². The summed E-state index contributed by atoms with van der Waals surface area (Å²) in [5, 5.41) is 17.4. The molecule has 0 saturated heterocycles. The summed E-state index contributed by atoms with van der Waals surface area (Å²) in [6.45, 7) is 0. The van der Waals surface area contributed by atoms with E-state index >= 15 is 0 Å². The van der Waals surface area contributed by atoms with Crippen LogP contribution in [-0.2, 0) is 0 Å². The van der Waals surface area contributed by atoms with Crippen LogP contribution in [0.25, 0.3) is 0 Å². The van der Waals surface area contributed by atoms with Crippen LogP contribution in [0.1, 0.15) is 15.9 Å². The van der Waals surface area contributed by atoms with Gasteiger partial charge in [0.1, 0.15) is 6.07 Å². The minimum Gasteiger partial charge on any atom is -0.478 e. The second-order valence-corrected chi connectivity index (χ2v) is 4.19. The molecule has 1 aromatic rings. The summed E-state index contributed by atoms with van der Waals surface area (Å²) in [6, 6.07) is 4.77. The van der Waals surface area contributed by atoms with Crippen LogP contribution < -0.4 is 0 Å². The number of carboxylic acid groups (broad SMARTS) is 1. The fourth-order valence-corrected chi connectivity index (χ4v) is 1.74. The summed E-state index contributed by atoms with van der Waals surface area (Å²) in [4.78, 5) is 10.6. The number of nitrogens with zero attached hydrogens (tertiary/aromatic N) is 1. The molecule has 1 N–H and O–H groups in total. The first kappa shape index (κ1) is 10.5. The van der Waals surface area contributed by atoms with Crippen LogP contribution in [-0.4, -0.2) is 11.1 Å². The van der Waals surface area contributed by atoms with Gasteiger partial charge in [-0.15, -0.1) is 0 Å². The third kappa shape index (κ3) is 2.19. The molecule has 0 aliphatic heterocycles. The molecule has 3 nitrogen and oxygen atoms in total. The van der Waals surface area contributed by atoms with Crippen molar-refractivity contribution in [2.45, 2.75) is 0 Å². The number of carboxylic acids is 1. The van der Waals surface area contributed by atoms with E-state index in [1.54, 1.807) is 0 Å². The maximum atomic E-state index is 10.6. The lowest BCUT2D eigenvalue weighted by Crippen LogP contribution is -1.98. The fraction of sp³-hybridized carbons (Fsp3) is 0. The van der Waals surface area contributed by atoms with Crippen molar-refractivity contribution in [2.75, 3.05) is 0 Å². The van der Waals surface area contributed by atoms with Crippen molar-refractivity contribution < 1.29 is 9.90 Å². The van der Waals surface area contributed by atoms with Gasteiger partial charge in [-0.2, -0.15) is 5.26 Å². The second-order valence-electron chi connectivity index (χ2n) is 2.24. The normalized spacial score (nSPS) is 9.31. The van der Waals surface area contributed by atoms with Gasteiger partial charge in [-0.05, 0) is 50.7 Å². The van der Waals surface area contributed by atoms with E-state index in [4.69, 9.17) is 10.4 Å². The summed E-state index contributed by atoms with van der Waals surface area (Å²) >= 11 is 5.17. The lowest BCUT2D eigenvalue weighted by Gasteiger charge is -2.00. The van der Waals surface area contributed by atoms with Gasteiger partial charge in [0.2, 0.25) is 0 Å². The Balaban J connectivity index is 3.41. The van der Waals surface area contributed by atoms with Gasteiger partial charge in [-0.1, -0.05) is 0 Å². The smallest absolute Gasteiger partial charge is 0.335 e. The first-order chi connectivity index (χ1) is 6.06. The number of rotatable bonds is 1. The Kier molecular flexibility index (Phi) is 3.27. The topological polar surface area (TPSA) is 61.1 Å². The molecule has 1 aromatic carbocycles. The predicted octanol–water partition coefficient (Wildman–Crippen LogP) is 2.62. The predicted molar refractivity (Wildman–Crippen MR) is 58.5 cm³/mol. The third-order valence-electron chi connectivity index (χ3n) is 1.40. The molecule has 0 aliphatic rings. The van der Waals surface area contributed by atoms with Crippen molar-refractivity contribution in [2.24, 2.45) is 0 Å². The molecule has 0 saturated carbocycles. The lowest BCUT2D eigenvalue weighted by molar-refractivity contribution is 0.0696. The molecule has 0 fully saturated rings. The number of halogens is 2. The molecule has 0 radical (unpaired) electrons. The molecular weight excluding hydrogens is 349 g/mol. The Morgan fingerprint density at radius 2 is 2.23 bits per heavy atom. The van der Waals surface area contributed by atoms with Crippen molar-refractivity contribution in [3.05, 3.63) is 31.3 Å². The highest BCUT2D eigenvalue weighted by Crippen LogP contribution is 2.24. The number of hydrogen-bond acceptors (Lipinski definition) is 2. The van der Waals surface area contributed by atoms with E-state index in [2.05, 4.69) is 15.9 Å². The molecule has 5 heteroatoms. The first-order valence-corrected chi connectivity index (χ1v) is 5.06. The maximum Gasteiger partial charge on any atom is 0.335 e. The number of hydrogen-bond donors (Lipinski definition) is 1. The van der Waals surface area contributed by atoms with E-state index < -0.39 is 5.97 Å². The zero-order valence-corrected chi connectivity index (χ0v) is 9.96. The number of benzene rings is 1. The zero-order valence-electron chi connectivity index (χ0n) is 6.21. The number of nitriles is 1. The average molecular weight is 352 g/mol. The average Bonchev–Trinajstić information content (AvgIpc) is 2.09. The Bertz CT molecular complexity index is 411. The van der Waals surface area contributed by atoms with Crippen molar-refractivity contribution in [3.8, 4) is 6.07 Å². The molecule has 0 spiro atoms. The molecule has 0 atom stereocenters. The monoisotopic (exact) mass is 351 g/mol. The van der Waals surface area contributed by atoms with Gasteiger partial charge < -0.3 is 5.11 Å². The lowest BCUT2D eigenvalue weighted by atomic mass is 10.1. The van der Waals surface area contributed by atoms with Crippen LogP contribution in [0.4, 0.5) is 0 Å². The highest BCUT2D eigenvalue weighted by molar-refractivity contribution is 14.1. The van der Waals surface area contributed by atoms with Crippen LogP contribution in [0.2, 0.25) is 0 Å². The zero-order chi connectivity index (χ0) is 10.0. The standard InChI is InChI=1S/C8H3BrINO2/c9-7-5(3-11)1-4(8(12)13)2-6(7)10/h1-2H,(H,12,13). The van der Waals surface area contributed by atoms with Crippen LogP contribution in [0.3, 0.4) is 0 Å². The van der Waals surface area contributed by atoms with Gasteiger partial charge >= 0.3 is 5.97 Å². The summed E-state index contributed by atoms with van der Waals surface area (Å²) < 4.78 is 1.36. The van der Waals surface area contributed by atoms with E-state index in [9.17, 15) is 4.79 Å². The number of aromatic carboxylic acids is 1. The Hall–Kier alpha value is -0.610. The van der Waals surface area contributed by atoms with Gasteiger partial charge in [-0.25, -0.2) is 4.79 Å². The summed E-state index contributed by atoms with van der Waals surface area (Å²) in [5.74, 6) is -1.03. The van der Waals surface area contributed by atoms with Gasteiger partial charge in [0, 0.05) is 8.04 Å². The molecule has 0 amide bonds. The molecule has 1 rings (SSSR count).